The Kier molecular flexibility index (Phi) is 6.85. The first-order valence-electron chi connectivity index (χ1n) is 8.07. The fourth-order valence-corrected chi connectivity index (χ4v) is 2.31. The zero-order chi connectivity index (χ0) is 18.2. The number of hydrogen-bond acceptors (Lipinski definition) is 5. The van der Waals surface area contributed by atoms with E-state index >= 15 is 0 Å². The molecule has 7 heteroatoms. The van der Waals surface area contributed by atoms with Crippen LogP contribution in [0.25, 0.3) is 0 Å². The smallest absolute Gasteiger partial charge is 0.271 e. The van der Waals surface area contributed by atoms with Gasteiger partial charge >= 0.3 is 0 Å². The third kappa shape index (κ3) is 5.81. The van der Waals surface area contributed by atoms with E-state index in [1.807, 2.05) is 38.4 Å². The summed E-state index contributed by atoms with van der Waals surface area (Å²) in [5.41, 5.74) is 2.17. The van der Waals surface area contributed by atoms with Crippen molar-refractivity contribution in [2.75, 3.05) is 27.8 Å². The highest BCUT2D eigenvalue weighted by atomic mass is 16.5. The predicted octanol–water partition coefficient (Wildman–Crippen LogP) is 0.881. The van der Waals surface area contributed by atoms with Crippen molar-refractivity contribution in [1.29, 1.82) is 0 Å². The number of hydrogen-bond donors (Lipinski definition) is 1. The van der Waals surface area contributed by atoms with Crippen LogP contribution in [0.15, 0.2) is 41.2 Å². The second-order valence-electron chi connectivity index (χ2n) is 6.01. The largest absolute Gasteiger partial charge is 0.383 e. The van der Waals surface area contributed by atoms with Crippen LogP contribution in [0.2, 0.25) is 0 Å². The molecule has 0 aliphatic carbocycles. The lowest BCUT2D eigenvalue weighted by Crippen LogP contribution is -2.30. The van der Waals surface area contributed by atoms with Crippen LogP contribution in [0.4, 0.5) is 0 Å². The normalized spacial score (nSPS) is 10.9. The van der Waals surface area contributed by atoms with E-state index in [9.17, 15) is 9.59 Å². The SMILES string of the molecule is COCCn1nc(C(=O)NCc2ccc(CN(C)C)cc2)ccc1=O. The van der Waals surface area contributed by atoms with Gasteiger partial charge in [0.05, 0.1) is 13.2 Å². The molecule has 134 valence electrons. The summed E-state index contributed by atoms with van der Waals surface area (Å²) in [6, 6.07) is 10.8. The van der Waals surface area contributed by atoms with Gasteiger partial charge < -0.3 is 15.0 Å². The lowest BCUT2D eigenvalue weighted by molar-refractivity contribution is 0.0942. The molecule has 0 unspecified atom stereocenters. The van der Waals surface area contributed by atoms with Gasteiger partial charge in [-0.15, -0.1) is 0 Å². The molecule has 1 N–H and O–H groups in total. The van der Waals surface area contributed by atoms with Crippen LogP contribution < -0.4 is 10.9 Å². The van der Waals surface area contributed by atoms with Crippen molar-refractivity contribution in [1.82, 2.24) is 20.0 Å². The summed E-state index contributed by atoms with van der Waals surface area (Å²) >= 11 is 0. The lowest BCUT2D eigenvalue weighted by Gasteiger charge is -2.10. The van der Waals surface area contributed by atoms with E-state index < -0.39 is 0 Å². The zero-order valence-electron chi connectivity index (χ0n) is 14.9. The van der Waals surface area contributed by atoms with Crippen LogP contribution in [-0.4, -0.2) is 48.4 Å². The van der Waals surface area contributed by atoms with Gasteiger partial charge in [0.1, 0.15) is 5.69 Å². The van der Waals surface area contributed by atoms with E-state index in [-0.39, 0.29) is 17.2 Å². The number of methoxy groups -OCH3 is 1. The molecule has 2 rings (SSSR count). The highest BCUT2D eigenvalue weighted by Gasteiger charge is 2.09. The molecule has 0 radical (unpaired) electrons. The monoisotopic (exact) mass is 344 g/mol. The molecule has 0 aliphatic heterocycles. The first-order chi connectivity index (χ1) is 12.0. The van der Waals surface area contributed by atoms with E-state index in [4.69, 9.17) is 4.74 Å². The van der Waals surface area contributed by atoms with Crippen LogP contribution in [0.1, 0.15) is 21.6 Å². The molecule has 0 saturated carbocycles. The molecule has 7 nitrogen and oxygen atoms in total. The Hall–Kier alpha value is -2.51. The maximum atomic E-state index is 12.2. The standard InChI is InChI=1S/C18H24N4O3/c1-21(2)13-15-6-4-14(5-7-15)12-19-18(24)16-8-9-17(23)22(20-16)10-11-25-3/h4-9H,10-13H2,1-3H3,(H,19,24). The van der Waals surface area contributed by atoms with Crippen molar-refractivity contribution >= 4 is 5.91 Å². The van der Waals surface area contributed by atoms with Crippen LogP contribution >= 0.6 is 0 Å². The molecule has 1 amide bonds. The maximum absolute atomic E-state index is 12.2. The number of rotatable bonds is 8. The fourth-order valence-electron chi connectivity index (χ4n) is 2.31. The van der Waals surface area contributed by atoms with Gasteiger partial charge in [-0.3, -0.25) is 9.59 Å². The van der Waals surface area contributed by atoms with Gasteiger partial charge in [-0.25, -0.2) is 4.68 Å². The second-order valence-corrected chi connectivity index (χ2v) is 6.01. The van der Waals surface area contributed by atoms with E-state index in [2.05, 4.69) is 15.3 Å². The summed E-state index contributed by atoms with van der Waals surface area (Å²) in [7, 11) is 5.59. The number of aromatic nitrogens is 2. The highest BCUT2D eigenvalue weighted by molar-refractivity contribution is 5.91. The van der Waals surface area contributed by atoms with Crippen molar-refractivity contribution in [3.8, 4) is 0 Å². The van der Waals surface area contributed by atoms with Crippen LogP contribution in [-0.2, 0) is 24.4 Å². The minimum atomic E-state index is -0.316. The molecular formula is C18H24N4O3. The third-order valence-electron chi connectivity index (χ3n) is 3.58. The van der Waals surface area contributed by atoms with Crippen molar-refractivity contribution in [3.05, 3.63) is 63.6 Å². The average Bonchev–Trinajstić information content (AvgIpc) is 2.59. The molecule has 0 bridgehead atoms. The Balaban J connectivity index is 1.96. The molecule has 1 aromatic heterocycles. The number of carbonyl (C=O) groups is 1. The summed E-state index contributed by atoms with van der Waals surface area (Å²) < 4.78 is 6.17. The summed E-state index contributed by atoms with van der Waals surface area (Å²) in [5, 5.41) is 6.90. The third-order valence-corrected chi connectivity index (χ3v) is 3.58. The quantitative estimate of drug-likeness (QED) is 0.769. The minimum absolute atomic E-state index is 0.208. The maximum Gasteiger partial charge on any atom is 0.271 e. The van der Waals surface area contributed by atoms with Crippen molar-refractivity contribution in [3.63, 3.8) is 0 Å². The Bertz CT molecular complexity index is 754. The summed E-state index contributed by atoms with van der Waals surface area (Å²) in [4.78, 5) is 26.0. The average molecular weight is 344 g/mol. The highest BCUT2D eigenvalue weighted by Crippen LogP contribution is 2.06. The first-order valence-corrected chi connectivity index (χ1v) is 8.07. The molecule has 2 aromatic rings. The van der Waals surface area contributed by atoms with Crippen LogP contribution in [0, 0.1) is 0 Å². The van der Waals surface area contributed by atoms with Gasteiger partial charge in [-0.05, 0) is 31.3 Å². The molecule has 0 aliphatic rings. The number of nitrogens with zero attached hydrogens (tertiary/aromatic N) is 3. The Morgan fingerprint density at radius 1 is 1.16 bits per heavy atom. The zero-order valence-corrected chi connectivity index (χ0v) is 14.9. The molecule has 25 heavy (non-hydrogen) atoms. The molecule has 0 saturated heterocycles. The number of amides is 1. The predicted molar refractivity (Wildman–Crippen MR) is 95.4 cm³/mol. The van der Waals surface area contributed by atoms with E-state index in [1.54, 1.807) is 7.11 Å². The van der Waals surface area contributed by atoms with Gasteiger partial charge in [0.15, 0.2) is 0 Å². The van der Waals surface area contributed by atoms with Crippen LogP contribution in [0.5, 0.6) is 0 Å². The molecule has 0 fully saturated rings. The van der Waals surface area contributed by atoms with Gasteiger partial charge in [0, 0.05) is 26.3 Å². The Morgan fingerprint density at radius 2 is 1.84 bits per heavy atom. The number of carbonyl (C=O) groups excluding carboxylic acids is 1. The van der Waals surface area contributed by atoms with Crippen LogP contribution in [0.3, 0.4) is 0 Å². The van der Waals surface area contributed by atoms with Gasteiger partial charge in [0.25, 0.3) is 11.5 Å². The topological polar surface area (TPSA) is 76.5 Å². The van der Waals surface area contributed by atoms with Gasteiger partial charge in [-0.2, -0.15) is 5.10 Å². The lowest BCUT2D eigenvalue weighted by atomic mass is 10.1. The molecular weight excluding hydrogens is 320 g/mol. The minimum Gasteiger partial charge on any atom is -0.383 e. The first kappa shape index (κ1) is 18.8. The Labute approximate surface area is 147 Å². The van der Waals surface area contributed by atoms with E-state index in [0.29, 0.717) is 19.7 Å². The van der Waals surface area contributed by atoms with Gasteiger partial charge in [0.2, 0.25) is 0 Å². The van der Waals surface area contributed by atoms with E-state index in [1.165, 1.54) is 22.4 Å². The summed E-state index contributed by atoms with van der Waals surface area (Å²) in [6.07, 6.45) is 0. The van der Waals surface area contributed by atoms with Crippen molar-refractivity contribution in [2.45, 2.75) is 19.6 Å². The second kappa shape index (κ2) is 9.10. The van der Waals surface area contributed by atoms with E-state index in [0.717, 1.165) is 12.1 Å². The van der Waals surface area contributed by atoms with Gasteiger partial charge in [-0.1, -0.05) is 24.3 Å². The summed E-state index contributed by atoms with van der Waals surface area (Å²) in [6.45, 7) is 1.95. The number of nitrogens with one attached hydrogen (secondary N) is 1. The summed E-state index contributed by atoms with van der Waals surface area (Å²) in [5.74, 6) is -0.316. The van der Waals surface area contributed by atoms with Crippen molar-refractivity contribution in [2.24, 2.45) is 0 Å². The molecule has 1 heterocycles. The molecule has 1 aromatic carbocycles. The Morgan fingerprint density at radius 3 is 2.48 bits per heavy atom. The fraction of sp³-hybridized carbons (Fsp3) is 0.389. The molecule has 0 atom stereocenters. The molecule has 0 spiro atoms. The van der Waals surface area contributed by atoms with Crippen molar-refractivity contribution < 1.29 is 9.53 Å². The number of benzene rings is 1. The number of ether oxygens (including phenoxy) is 1.